The number of anilines is 1. The fourth-order valence-electron chi connectivity index (χ4n) is 4.21. The normalized spacial score (nSPS) is 21.5. The van der Waals surface area contributed by atoms with Crippen LogP contribution in [0, 0.1) is 12.3 Å². The first-order valence-electron chi connectivity index (χ1n) is 9.99. The molecule has 0 radical (unpaired) electrons. The molecule has 1 saturated heterocycles. The fourth-order valence-corrected chi connectivity index (χ4v) is 4.21. The van der Waals surface area contributed by atoms with E-state index in [1.807, 2.05) is 0 Å². The summed E-state index contributed by atoms with van der Waals surface area (Å²) >= 11 is 0. The first-order valence-corrected chi connectivity index (χ1v) is 9.99. The van der Waals surface area contributed by atoms with Crippen molar-refractivity contribution in [2.75, 3.05) is 18.5 Å². The van der Waals surface area contributed by atoms with Crippen LogP contribution < -0.4 is 5.32 Å². The second-order valence-corrected chi connectivity index (χ2v) is 8.12. The van der Waals surface area contributed by atoms with Crippen molar-refractivity contribution in [1.29, 1.82) is 0 Å². The van der Waals surface area contributed by atoms with Gasteiger partial charge in [0.15, 0.2) is 0 Å². The summed E-state index contributed by atoms with van der Waals surface area (Å²) in [5.74, 6) is -0.472. The lowest BCUT2D eigenvalue weighted by molar-refractivity contribution is -0.138. The number of amides is 1. The van der Waals surface area contributed by atoms with E-state index in [4.69, 9.17) is 4.74 Å². The van der Waals surface area contributed by atoms with Crippen LogP contribution in [0.3, 0.4) is 0 Å². The van der Waals surface area contributed by atoms with Gasteiger partial charge in [0.25, 0.3) is 5.91 Å². The third-order valence-electron chi connectivity index (χ3n) is 6.05. The lowest BCUT2D eigenvalue weighted by Gasteiger charge is -2.31. The predicted octanol–water partition coefficient (Wildman–Crippen LogP) is 5.64. The highest BCUT2D eigenvalue weighted by Gasteiger charge is 2.37. The van der Waals surface area contributed by atoms with E-state index >= 15 is 0 Å². The first kappa shape index (κ1) is 20.6. The van der Waals surface area contributed by atoms with Gasteiger partial charge in [-0.15, -0.1) is 0 Å². The summed E-state index contributed by atoms with van der Waals surface area (Å²) < 4.78 is 45.1. The Kier molecular flexibility index (Phi) is 5.40. The molecule has 4 nitrogen and oxygen atoms in total. The molecule has 1 unspecified atom stereocenters. The summed E-state index contributed by atoms with van der Waals surface area (Å²) in [6.07, 6.45) is 2.98. The van der Waals surface area contributed by atoms with Gasteiger partial charge in [0.05, 0.1) is 23.4 Å². The molecule has 2 aliphatic rings. The van der Waals surface area contributed by atoms with Crippen LogP contribution in [0.5, 0.6) is 0 Å². The Balaban J connectivity index is 1.57. The molecule has 1 N–H and O–H groups in total. The molecule has 1 fully saturated rings. The van der Waals surface area contributed by atoms with Gasteiger partial charge in [-0.1, -0.05) is 12.1 Å². The van der Waals surface area contributed by atoms with Crippen molar-refractivity contribution in [2.24, 2.45) is 5.41 Å². The third-order valence-corrected chi connectivity index (χ3v) is 6.05. The quantitative estimate of drug-likeness (QED) is 0.705. The molecule has 1 amide bonds. The number of carbonyl (C=O) groups is 1. The van der Waals surface area contributed by atoms with Gasteiger partial charge in [-0.25, -0.2) is 0 Å². The molecule has 4 rings (SSSR count). The number of ether oxygens (including phenoxy) is 1. The van der Waals surface area contributed by atoms with Crippen molar-refractivity contribution in [3.8, 4) is 0 Å². The minimum atomic E-state index is -4.48. The topological polar surface area (TPSA) is 51.2 Å². The molecule has 1 aromatic heterocycles. The Morgan fingerprint density at radius 2 is 2.07 bits per heavy atom. The third kappa shape index (κ3) is 4.12. The van der Waals surface area contributed by atoms with Crippen molar-refractivity contribution in [2.45, 2.75) is 38.8 Å². The van der Waals surface area contributed by atoms with Gasteiger partial charge in [0.1, 0.15) is 0 Å². The van der Waals surface area contributed by atoms with E-state index in [9.17, 15) is 18.0 Å². The van der Waals surface area contributed by atoms with Crippen LogP contribution in [0.4, 0.5) is 18.9 Å². The number of nitrogens with one attached hydrogen (secondary N) is 1. The Morgan fingerprint density at radius 3 is 2.73 bits per heavy atom. The van der Waals surface area contributed by atoms with E-state index in [0.29, 0.717) is 11.3 Å². The van der Waals surface area contributed by atoms with Gasteiger partial charge in [0, 0.05) is 18.5 Å². The zero-order valence-electron chi connectivity index (χ0n) is 16.7. The molecule has 0 saturated carbocycles. The molecule has 2 heterocycles. The van der Waals surface area contributed by atoms with E-state index < -0.39 is 17.6 Å². The second-order valence-electron chi connectivity index (χ2n) is 8.12. The summed E-state index contributed by atoms with van der Waals surface area (Å²) in [5, 5.41) is 2.60. The fraction of sp³-hybridized carbons (Fsp3) is 0.391. The summed E-state index contributed by atoms with van der Waals surface area (Å²) in [7, 11) is 0. The monoisotopic (exact) mass is 416 g/mol. The molecule has 1 spiro atoms. The lowest BCUT2D eigenvalue weighted by atomic mass is 9.74. The Labute approximate surface area is 173 Å². The number of aryl methyl sites for hydroxylation is 1. The maximum atomic E-state index is 13.2. The number of alkyl halides is 3. The van der Waals surface area contributed by atoms with E-state index in [1.165, 1.54) is 19.1 Å². The van der Waals surface area contributed by atoms with Crippen LogP contribution in [-0.2, 0) is 10.9 Å². The largest absolute Gasteiger partial charge is 0.416 e. The van der Waals surface area contributed by atoms with E-state index in [1.54, 1.807) is 18.3 Å². The molecule has 0 bridgehead atoms. The molecule has 7 heteroatoms. The van der Waals surface area contributed by atoms with Gasteiger partial charge in [-0.3, -0.25) is 9.78 Å². The SMILES string of the molecule is Cc1ccc(NC(=O)c2cccnc2C2=CCC3(CCOC3)CC2)cc1C(F)(F)F. The molecule has 30 heavy (non-hydrogen) atoms. The molecule has 1 aliphatic heterocycles. The van der Waals surface area contributed by atoms with E-state index in [-0.39, 0.29) is 16.7 Å². The van der Waals surface area contributed by atoms with Crippen LogP contribution in [0.2, 0.25) is 0 Å². The average molecular weight is 416 g/mol. The van der Waals surface area contributed by atoms with Crippen LogP contribution in [-0.4, -0.2) is 24.1 Å². The minimum Gasteiger partial charge on any atom is -0.381 e. The zero-order valence-corrected chi connectivity index (χ0v) is 16.7. The molecular weight excluding hydrogens is 393 g/mol. The van der Waals surface area contributed by atoms with Crippen LogP contribution in [0.25, 0.3) is 5.57 Å². The Hall–Kier alpha value is -2.67. The highest BCUT2D eigenvalue weighted by atomic mass is 19.4. The summed E-state index contributed by atoms with van der Waals surface area (Å²) in [5.41, 5.74) is 1.59. The molecule has 2 aromatic rings. The standard InChI is InChI=1S/C23H23F3N2O2/c1-15-4-5-17(13-19(15)23(24,25)26)28-21(29)18-3-2-11-27-20(18)16-6-8-22(9-7-16)10-12-30-14-22/h2-6,11,13H,7-10,12,14H2,1H3,(H,28,29). The Bertz CT molecular complexity index is 992. The highest BCUT2D eigenvalue weighted by molar-refractivity contribution is 6.07. The zero-order chi connectivity index (χ0) is 21.4. The summed E-state index contributed by atoms with van der Waals surface area (Å²) in [4.78, 5) is 17.3. The number of hydrogen-bond donors (Lipinski definition) is 1. The molecule has 158 valence electrons. The van der Waals surface area contributed by atoms with Gasteiger partial charge in [-0.05, 0) is 73.4 Å². The van der Waals surface area contributed by atoms with E-state index in [2.05, 4.69) is 16.4 Å². The summed E-state index contributed by atoms with van der Waals surface area (Å²) in [6, 6.07) is 7.11. The number of hydrogen-bond acceptors (Lipinski definition) is 3. The molecular formula is C23H23F3N2O2. The maximum absolute atomic E-state index is 13.2. The average Bonchev–Trinajstić information content (AvgIpc) is 3.17. The number of carbonyl (C=O) groups excluding carboxylic acids is 1. The number of halogens is 3. The summed E-state index contributed by atoms with van der Waals surface area (Å²) in [6.45, 7) is 2.95. The van der Waals surface area contributed by atoms with Crippen LogP contribution in [0.15, 0.2) is 42.6 Å². The molecule has 1 aromatic carbocycles. The number of aromatic nitrogens is 1. The number of allylic oxidation sites excluding steroid dienone is 2. The van der Waals surface area contributed by atoms with Crippen LogP contribution in [0.1, 0.15) is 52.9 Å². The van der Waals surface area contributed by atoms with Gasteiger partial charge in [0.2, 0.25) is 0 Å². The smallest absolute Gasteiger partial charge is 0.381 e. The van der Waals surface area contributed by atoms with Crippen molar-refractivity contribution in [3.63, 3.8) is 0 Å². The van der Waals surface area contributed by atoms with E-state index in [0.717, 1.165) is 50.5 Å². The number of pyridine rings is 1. The van der Waals surface area contributed by atoms with Crippen LogP contribution >= 0.6 is 0 Å². The second kappa shape index (κ2) is 7.87. The predicted molar refractivity (Wildman–Crippen MR) is 108 cm³/mol. The van der Waals surface area contributed by atoms with Crippen molar-refractivity contribution in [1.82, 2.24) is 4.98 Å². The number of benzene rings is 1. The number of nitrogens with zero attached hydrogens (tertiary/aromatic N) is 1. The van der Waals surface area contributed by atoms with Crippen molar-refractivity contribution >= 4 is 17.2 Å². The van der Waals surface area contributed by atoms with Gasteiger partial charge in [-0.2, -0.15) is 13.2 Å². The van der Waals surface area contributed by atoms with Crippen molar-refractivity contribution in [3.05, 3.63) is 65.0 Å². The molecule has 1 atom stereocenters. The lowest BCUT2D eigenvalue weighted by Crippen LogP contribution is -2.24. The maximum Gasteiger partial charge on any atom is 0.416 e. The number of rotatable bonds is 3. The van der Waals surface area contributed by atoms with Crippen molar-refractivity contribution < 1.29 is 22.7 Å². The Morgan fingerprint density at radius 1 is 1.23 bits per heavy atom. The molecule has 1 aliphatic carbocycles. The van der Waals surface area contributed by atoms with Gasteiger partial charge < -0.3 is 10.1 Å². The highest BCUT2D eigenvalue weighted by Crippen LogP contribution is 2.44. The first-order chi connectivity index (χ1) is 14.3. The van der Waals surface area contributed by atoms with Gasteiger partial charge >= 0.3 is 6.18 Å². The minimum absolute atomic E-state index is 0.104.